The molecule has 0 fully saturated rings. The second-order valence-electron chi connectivity index (χ2n) is 7.09. The van der Waals surface area contributed by atoms with Gasteiger partial charge in [0.05, 0.1) is 19.2 Å². The van der Waals surface area contributed by atoms with Crippen LogP contribution in [0.2, 0.25) is 0 Å². The fraction of sp³-hybridized carbons (Fsp3) is 0. The predicted octanol–water partition coefficient (Wildman–Crippen LogP) is 8.99. The van der Waals surface area contributed by atoms with Crippen LogP contribution in [0.15, 0.2) is 133 Å². The minimum Gasteiger partial charge on any atom is -0.0622 e. The Hall–Kier alpha value is -4.16. The lowest BCUT2D eigenvalue weighted by atomic mass is 9.85. The Balaban J connectivity index is 1.85. The van der Waals surface area contributed by atoms with Crippen molar-refractivity contribution in [2.45, 2.75) is 0 Å². The molecule has 0 N–H and O–H groups in total. The van der Waals surface area contributed by atoms with Crippen LogP contribution in [0.5, 0.6) is 0 Å². The molecule has 0 aliphatic heterocycles. The molecule has 0 unspecified atom stereocenters. The van der Waals surface area contributed by atoms with E-state index < -0.39 is 95.7 Å². The summed E-state index contributed by atoms with van der Waals surface area (Å²) in [7, 11) is 0. The van der Waals surface area contributed by atoms with Gasteiger partial charge in [-0.05, 0) is 61.0 Å². The highest BCUT2D eigenvalue weighted by molar-refractivity contribution is 6.21. The van der Waals surface area contributed by atoms with Gasteiger partial charge in [0.2, 0.25) is 0 Å². The van der Waals surface area contributed by atoms with Crippen LogP contribution >= 0.6 is 0 Å². The molecule has 0 aromatic heterocycles. The van der Waals surface area contributed by atoms with Crippen molar-refractivity contribution in [2.75, 3.05) is 0 Å². The fourth-order valence-electron chi connectivity index (χ4n) is 4.01. The van der Waals surface area contributed by atoms with Crippen LogP contribution in [-0.2, 0) is 0 Å². The van der Waals surface area contributed by atoms with Crippen molar-refractivity contribution in [1.29, 1.82) is 0 Å². The molecule has 0 atom stereocenters. The number of rotatable bonds is 3. The maximum Gasteiger partial charge on any atom is 0.0636 e. The lowest BCUT2D eigenvalue weighted by molar-refractivity contribution is 1.61. The zero-order chi connectivity index (χ0) is 33.5. The summed E-state index contributed by atoms with van der Waals surface area (Å²) in [6, 6.07) is 5.60. The molecular formula is C32H22. The topological polar surface area (TPSA) is 0 Å². The molecule has 0 spiro atoms. The van der Waals surface area contributed by atoms with Crippen molar-refractivity contribution in [3.8, 4) is 33.4 Å². The summed E-state index contributed by atoms with van der Waals surface area (Å²) < 4.78 is 119. The summed E-state index contributed by atoms with van der Waals surface area (Å²) in [5.74, 6) is 0. The minimum absolute atomic E-state index is 0.0374. The first-order valence-corrected chi connectivity index (χ1v) is 9.90. The Bertz CT molecular complexity index is 2190. The van der Waals surface area contributed by atoms with Crippen LogP contribution in [0.25, 0.3) is 54.9 Å². The van der Waals surface area contributed by atoms with E-state index in [2.05, 4.69) is 0 Å². The summed E-state index contributed by atoms with van der Waals surface area (Å²) in [4.78, 5) is 0. The normalized spacial score (nSPS) is 17.2. The van der Waals surface area contributed by atoms with Crippen LogP contribution in [0.4, 0.5) is 0 Å². The van der Waals surface area contributed by atoms with E-state index in [0.29, 0.717) is 27.1 Å². The summed E-state index contributed by atoms with van der Waals surface area (Å²) in [5, 5.41) is 1.68. The van der Waals surface area contributed by atoms with Gasteiger partial charge in [0, 0.05) is 0 Å². The largest absolute Gasteiger partial charge is 0.0636 e. The Morgan fingerprint density at radius 3 is 1.31 bits per heavy atom. The molecule has 0 bridgehead atoms. The highest BCUT2D eigenvalue weighted by Crippen LogP contribution is 2.43. The summed E-state index contributed by atoms with van der Waals surface area (Å²) in [5.41, 5.74) is -0.373. The van der Waals surface area contributed by atoms with Gasteiger partial charge in [0.1, 0.15) is 0 Å². The van der Waals surface area contributed by atoms with Gasteiger partial charge in [-0.25, -0.2) is 0 Å². The third-order valence-corrected chi connectivity index (χ3v) is 5.31. The SMILES string of the molecule is [2H]c1c([2H])c([2H])c(-c2c([2H])c([2H])c([2H])c(-c3c4ccccc4c(-c4c([2H])c([2H])c([2H])c([2H])c4[2H])c4ccccc34)c2[2H])c([2H])c1[2H]. The van der Waals surface area contributed by atoms with Crippen molar-refractivity contribution in [3.05, 3.63) is 133 Å². The van der Waals surface area contributed by atoms with Gasteiger partial charge in [0.25, 0.3) is 0 Å². The van der Waals surface area contributed by atoms with Gasteiger partial charge in [-0.2, -0.15) is 0 Å². The molecule has 0 heteroatoms. The second kappa shape index (κ2) is 7.83. The van der Waals surface area contributed by atoms with Gasteiger partial charge in [0.15, 0.2) is 0 Å². The summed E-state index contributed by atoms with van der Waals surface area (Å²) in [6.07, 6.45) is 0. The first-order valence-electron chi connectivity index (χ1n) is 16.9. The van der Waals surface area contributed by atoms with Crippen molar-refractivity contribution >= 4 is 21.5 Å². The first-order chi connectivity index (χ1) is 21.7. The minimum atomic E-state index is -0.670. The van der Waals surface area contributed by atoms with Gasteiger partial charge >= 0.3 is 0 Å². The molecule has 6 aromatic carbocycles. The molecule has 150 valence electrons. The maximum absolute atomic E-state index is 9.31. The molecule has 0 radical (unpaired) electrons. The Morgan fingerprint density at radius 2 is 0.781 bits per heavy atom. The van der Waals surface area contributed by atoms with Crippen molar-refractivity contribution < 1.29 is 19.2 Å². The summed E-state index contributed by atoms with van der Waals surface area (Å²) in [6.45, 7) is 0. The van der Waals surface area contributed by atoms with Crippen molar-refractivity contribution in [2.24, 2.45) is 0 Å². The molecular weight excluding hydrogens is 384 g/mol. The molecule has 6 rings (SSSR count). The highest BCUT2D eigenvalue weighted by atomic mass is 14.2. The average Bonchev–Trinajstić information content (AvgIpc) is 3.05. The zero-order valence-electron chi connectivity index (χ0n) is 30.6. The lowest BCUT2D eigenvalue weighted by Gasteiger charge is -2.18. The Kier molecular flexibility index (Phi) is 2.24. The van der Waals surface area contributed by atoms with E-state index in [0.717, 1.165) is 0 Å². The number of fused-ring (bicyclic) bond motifs is 2. The molecule has 0 aliphatic rings. The van der Waals surface area contributed by atoms with Gasteiger partial charge < -0.3 is 0 Å². The third-order valence-electron chi connectivity index (χ3n) is 5.31. The highest BCUT2D eigenvalue weighted by Gasteiger charge is 2.16. The molecule has 0 saturated carbocycles. The second-order valence-corrected chi connectivity index (χ2v) is 7.09. The van der Waals surface area contributed by atoms with E-state index in [-0.39, 0.29) is 16.7 Å². The Labute approximate surface area is 208 Å². The quantitative estimate of drug-likeness (QED) is 0.251. The van der Waals surface area contributed by atoms with E-state index in [1.54, 1.807) is 48.5 Å². The smallest absolute Gasteiger partial charge is 0.0622 e. The molecule has 6 aromatic rings. The predicted molar refractivity (Wildman–Crippen MR) is 138 cm³/mol. The van der Waals surface area contributed by atoms with Crippen LogP contribution < -0.4 is 0 Å². The van der Waals surface area contributed by atoms with Crippen LogP contribution in [0.1, 0.15) is 19.2 Å². The third kappa shape index (κ3) is 3.09. The zero-order valence-corrected chi connectivity index (χ0v) is 16.6. The standard InChI is InChI=1S/C32H22/c1-3-12-23(13-4-1)25-16-11-17-26(22-25)32-29-20-9-7-18-27(29)31(24-14-5-2-6-15-24)28-19-8-10-21-30(28)32/h1-22H/i1D,2D,3D,4D,5D,6D,11D,12D,13D,14D,15D,16D,17D,22D. The molecule has 0 heterocycles. The van der Waals surface area contributed by atoms with E-state index in [1.165, 1.54) is 0 Å². The fourth-order valence-corrected chi connectivity index (χ4v) is 4.01. The Morgan fingerprint density at radius 1 is 0.375 bits per heavy atom. The lowest BCUT2D eigenvalue weighted by Crippen LogP contribution is -1.91. The number of benzene rings is 6. The molecule has 0 amide bonds. The first kappa shape index (κ1) is 9.14. The molecule has 0 saturated heterocycles. The monoisotopic (exact) mass is 420 g/mol. The molecule has 32 heavy (non-hydrogen) atoms. The van der Waals surface area contributed by atoms with E-state index >= 15 is 0 Å². The number of hydrogen-bond acceptors (Lipinski definition) is 0. The van der Waals surface area contributed by atoms with Gasteiger partial charge in [-0.1, -0.05) is 127 Å². The van der Waals surface area contributed by atoms with Gasteiger partial charge in [-0.3, -0.25) is 0 Å². The number of hydrogen-bond donors (Lipinski definition) is 0. The van der Waals surface area contributed by atoms with E-state index in [9.17, 15) is 1.37 Å². The van der Waals surface area contributed by atoms with Crippen molar-refractivity contribution in [3.63, 3.8) is 0 Å². The van der Waals surface area contributed by atoms with Crippen molar-refractivity contribution in [1.82, 2.24) is 0 Å². The van der Waals surface area contributed by atoms with Crippen LogP contribution in [0.3, 0.4) is 0 Å². The molecule has 0 nitrogen and oxygen atoms in total. The van der Waals surface area contributed by atoms with E-state index in [1.807, 2.05) is 0 Å². The maximum atomic E-state index is 9.31. The van der Waals surface area contributed by atoms with E-state index in [4.69, 9.17) is 17.8 Å². The molecule has 0 aliphatic carbocycles. The summed E-state index contributed by atoms with van der Waals surface area (Å²) >= 11 is 0. The van der Waals surface area contributed by atoms with Crippen LogP contribution in [-0.4, -0.2) is 0 Å². The van der Waals surface area contributed by atoms with Crippen LogP contribution in [0, 0.1) is 0 Å². The average molecular weight is 421 g/mol. The van der Waals surface area contributed by atoms with Gasteiger partial charge in [-0.15, -0.1) is 0 Å².